The molecule has 0 aliphatic heterocycles. The van der Waals surface area contributed by atoms with Crippen molar-refractivity contribution in [1.29, 1.82) is 0 Å². The van der Waals surface area contributed by atoms with E-state index in [4.69, 9.17) is 14.2 Å². The van der Waals surface area contributed by atoms with Crippen molar-refractivity contribution in [2.75, 3.05) is 13.2 Å². The number of hydrogen-bond acceptors (Lipinski definition) is 6. The van der Waals surface area contributed by atoms with Crippen molar-refractivity contribution >= 4 is 17.9 Å². The van der Waals surface area contributed by atoms with Crippen LogP contribution in [-0.2, 0) is 28.6 Å². The molecule has 0 saturated carbocycles. The first-order chi connectivity index (χ1) is 41.0. The summed E-state index contributed by atoms with van der Waals surface area (Å²) in [7, 11) is 0. The quantitative estimate of drug-likeness (QED) is 0.0261. The minimum Gasteiger partial charge on any atom is -0.462 e. The Bertz CT molecular complexity index is 1520. The molecule has 0 aliphatic carbocycles. The van der Waals surface area contributed by atoms with Gasteiger partial charge in [-0.25, -0.2) is 0 Å². The van der Waals surface area contributed by atoms with Gasteiger partial charge in [-0.05, 0) is 70.6 Å². The molecule has 6 heteroatoms. The average Bonchev–Trinajstić information content (AvgIpc) is 3.49. The minimum atomic E-state index is -0.820. The van der Waals surface area contributed by atoms with Gasteiger partial charge in [-0.15, -0.1) is 0 Å². The monoisotopic (exact) mass is 1160 g/mol. The zero-order chi connectivity index (χ0) is 59.9. The van der Waals surface area contributed by atoms with Crippen molar-refractivity contribution < 1.29 is 28.6 Å². The van der Waals surface area contributed by atoms with Gasteiger partial charge in [0.05, 0.1) is 6.42 Å². The molecular weight excluding hydrogens is 1020 g/mol. The number of esters is 3. The predicted octanol–water partition coefficient (Wildman–Crippen LogP) is 25.2. The lowest BCUT2D eigenvalue weighted by molar-refractivity contribution is -0.166. The number of unbranched alkanes of at least 4 members (excludes halogenated alkanes) is 45. The van der Waals surface area contributed by atoms with Crippen molar-refractivity contribution in [3.05, 3.63) is 72.9 Å². The zero-order valence-electron chi connectivity index (χ0n) is 55.5. The Balaban J connectivity index is 4.16. The third-order valence-electron chi connectivity index (χ3n) is 16.2. The molecule has 0 heterocycles. The van der Waals surface area contributed by atoms with Crippen LogP contribution in [0.1, 0.15) is 380 Å². The molecule has 1 atom stereocenters. The fraction of sp³-hybridized carbons (Fsp3) is 0.805. The van der Waals surface area contributed by atoms with Crippen LogP contribution in [0.15, 0.2) is 72.9 Å². The maximum absolute atomic E-state index is 12.9. The number of allylic oxidation sites excluding steroid dienone is 11. The van der Waals surface area contributed by atoms with E-state index < -0.39 is 12.1 Å². The highest BCUT2D eigenvalue weighted by Gasteiger charge is 2.19. The van der Waals surface area contributed by atoms with Crippen LogP contribution < -0.4 is 0 Å². The van der Waals surface area contributed by atoms with Gasteiger partial charge in [0.15, 0.2) is 6.10 Å². The van der Waals surface area contributed by atoms with Crippen molar-refractivity contribution in [3.8, 4) is 0 Å². The number of carbonyl (C=O) groups is 3. The molecule has 0 aliphatic rings. The molecule has 83 heavy (non-hydrogen) atoms. The van der Waals surface area contributed by atoms with Gasteiger partial charge >= 0.3 is 17.9 Å². The first-order valence-corrected chi connectivity index (χ1v) is 36.4. The second kappa shape index (κ2) is 71.3. The van der Waals surface area contributed by atoms with E-state index in [1.165, 1.54) is 257 Å². The summed E-state index contributed by atoms with van der Waals surface area (Å²) in [6.45, 7) is 6.48. The van der Waals surface area contributed by atoms with E-state index in [0.717, 1.165) is 83.5 Å². The van der Waals surface area contributed by atoms with Gasteiger partial charge in [-0.2, -0.15) is 0 Å². The van der Waals surface area contributed by atoms with E-state index in [0.29, 0.717) is 12.8 Å². The zero-order valence-corrected chi connectivity index (χ0v) is 55.5. The van der Waals surface area contributed by atoms with Crippen molar-refractivity contribution in [2.24, 2.45) is 0 Å². The standard InChI is InChI=1S/C77H138O6/c1-4-7-10-13-16-19-22-25-28-30-31-32-33-34-35-36-37-38-39-40-41-42-43-44-45-46-47-50-52-55-58-61-64-67-70-76(79)82-73-74(72-81-75(78)69-66-63-60-57-54-51-48-27-24-21-18-15-12-9-6-3)83-77(80)71-68-65-62-59-56-53-49-29-26-23-20-17-14-11-8-5-2/h9,12,18,21,27,29,48-49,54,57,63,66,74H,4-8,10-11,13-17,19-20,22-26,28,30-47,50-53,55-56,58-62,64-65,67-73H2,1-3H3/b12-9-,21-18-,48-27-,49-29-,57-54-,66-63-. The molecule has 0 aromatic rings. The number of carbonyl (C=O) groups excluding carboxylic acids is 3. The summed E-state index contributed by atoms with van der Waals surface area (Å²) < 4.78 is 16.8. The van der Waals surface area contributed by atoms with Gasteiger partial charge in [0.2, 0.25) is 0 Å². The summed E-state index contributed by atoms with van der Waals surface area (Å²) in [6.07, 6.45) is 94.2. The molecule has 0 N–H and O–H groups in total. The van der Waals surface area contributed by atoms with Crippen molar-refractivity contribution in [2.45, 2.75) is 386 Å². The van der Waals surface area contributed by atoms with Crippen molar-refractivity contribution in [1.82, 2.24) is 0 Å². The maximum atomic E-state index is 12.9. The normalized spacial score (nSPS) is 12.5. The number of hydrogen-bond donors (Lipinski definition) is 0. The van der Waals surface area contributed by atoms with Gasteiger partial charge < -0.3 is 14.2 Å². The van der Waals surface area contributed by atoms with E-state index in [1.54, 1.807) is 6.08 Å². The minimum absolute atomic E-state index is 0.105. The lowest BCUT2D eigenvalue weighted by Gasteiger charge is -2.18. The summed E-state index contributed by atoms with van der Waals surface area (Å²) in [4.78, 5) is 38.3. The summed E-state index contributed by atoms with van der Waals surface area (Å²) in [5.74, 6) is -1.03. The second-order valence-electron chi connectivity index (χ2n) is 24.5. The Hall–Kier alpha value is -3.15. The summed E-state index contributed by atoms with van der Waals surface area (Å²) in [6, 6.07) is 0. The van der Waals surface area contributed by atoms with E-state index >= 15 is 0 Å². The molecule has 0 bridgehead atoms. The molecule has 0 aromatic carbocycles. The molecule has 0 spiro atoms. The highest BCUT2D eigenvalue weighted by atomic mass is 16.6. The molecule has 6 nitrogen and oxygen atoms in total. The van der Waals surface area contributed by atoms with Gasteiger partial charge in [-0.1, -0.05) is 363 Å². The van der Waals surface area contributed by atoms with Crippen LogP contribution in [-0.4, -0.2) is 37.2 Å². The molecule has 0 rings (SSSR count). The highest BCUT2D eigenvalue weighted by Crippen LogP contribution is 2.19. The molecule has 0 radical (unpaired) electrons. The highest BCUT2D eigenvalue weighted by molar-refractivity contribution is 5.72. The SMILES string of the molecule is CC/C=C\C/C=C\C/C=C\C/C=C\C/C=C\CC(=O)OCC(COC(=O)CCCCCCCCCCCCCCCCCCCCCCCCCCCCCCCCCCCC)OC(=O)CCCCCCC/C=C\CCCCCCCCC. The Morgan fingerprint density at radius 2 is 0.518 bits per heavy atom. The molecule has 0 aromatic heterocycles. The fourth-order valence-corrected chi connectivity index (χ4v) is 10.8. The smallest absolute Gasteiger partial charge is 0.309 e. The Labute approximate surface area is 516 Å². The number of rotatable bonds is 67. The third-order valence-corrected chi connectivity index (χ3v) is 16.2. The molecule has 0 fully saturated rings. The van der Waals surface area contributed by atoms with Crippen LogP contribution in [0.2, 0.25) is 0 Å². The molecule has 1 unspecified atom stereocenters. The van der Waals surface area contributed by atoms with E-state index in [-0.39, 0.29) is 31.6 Å². The summed E-state index contributed by atoms with van der Waals surface area (Å²) in [5.41, 5.74) is 0. The molecular formula is C77H138O6. The topological polar surface area (TPSA) is 78.9 Å². The lowest BCUT2D eigenvalue weighted by Crippen LogP contribution is -2.30. The first kappa shape index (κ1) is 79.8. The fourth-order valence-electron chi connectivity index (χ4n) is 10.8. The van der Waals surface area contributed by atoms with Gasteiger partial charge in [0.25, 0.3) is 0 Å². The van der Waals surface area contributed by atoms with Gasteiger partial charge in [-0.3, -0.25) is 14.4 Å². The molecule has 482 valence electrons. The lowest BCUT2D eigenvalue weighted by atomic mass is 10.0. The Kier molecular flexibility index (Phi) is 68.6. The van der Waals surface area contributed by atoms with Crippen LogP contribution in [0.25, 0.3) is 0 Å². The first-order valence-electron chi connectivity index (χ1n) is 36.4. The average molecular weight is 1160 g/mol. The van der Waals surface area contributed by atoms with Crippen LogP contribution in [0.5, 0.6) is 0 Å². The van der Waals surface area contributed by atoms with E-state index in [2.05, 4.69) is 81.5 Å². The predicted molar refractivity (Wildman–Crippen MR) is 362 cm³/mol. The Morgan fingerprint density at radius 1 is 0.265 bits per heavy atom. The third kappa shape index (κ3) is 69.5. The maximum Gasteiger partial charge on any atom is 0.309 e. The van der Waals surface area contributed by atoms with Gasteiger partial charge in [0, 0.05) is 12.8 Å². The summed E-state index contributed by atoms with van der Waals surface area (Å²) >= 11 is 0. The van der Waals surface area contributed by atoms with Gasteiger partial charge in [0.1, 0.15) is 13.2 Å². The van der Waals surface area contributed by atoms with E-state index in [9.17, 15) is 14.4 Å². The van der Waals surface area contributed by atoms with Crippen LogP contribution >= 0.6 is 0 Å². The van der Waals surface area contributed by atoms with Crippen LogP contribution in [0, 0.1) is 0 Å². The largest absolute Gasteiger partial charge is 0.462 e. The van der Waals surface area contributed by atoms with Crippen LogP contribution in [0.3, 0.4) is 0 Å². The van der Waals surface area contributed by atoms with E-state index in [1.807, 2.05) is 6.08 Å². The van der Waals surface area contributed by atoms with Crippen molar-refractivity contribution in [3.63, 3.8) is 0 Å². The summed E-state index contributed by atoms with van der Waals surface area (Å²) in [5, 5.41) is 0. The molecule has 0 saturated heterocycles. The second-order valence-corrected chi connectivity index (χ2v) is 24.5. The van der Waals surface area contributed by atoms with Crippen LogP contribution in [0.4, 0.5) is 0 Å². The Morgan fingerprint density at radius 3 is 0.831 bits per heavy atom. The number of ether oxygens (including phenoxy) is 3. The molecule has 0 amide bonds.